The van der Waals surface area contributed by atoms with Crippen LogP contribution in [0.2, 0.25) is 0 Å². The van der Waals surface area contributed by atoms with Crippen molar-refractivity contribution < 1.29 is 9.53 Å². The van der Waals surface area contributed by atoms with Crippen LogP contribution in [0.5, 0.6) is 0 Å². The number of ether oxygens (including phenoxy) is 1. The molecule has 0 fully saturated rings. The van der Waals surface area contributed by atoms with Gasteiger partial charge in [-0.05, 0) is 31.0 Å². The summed E-state index contributed by atoms with van der Waals surface area (Å²) in [7, 11) is 0. The maximum Gasteiger partial charge on any atom is 0.338 e. The minimum Gasteiger partial charge on any atom is -0.457 e. The van der Waals surface area contributed by atoms with Crippen LogP contribution in [0.25, 0.3) is 0 Å². The van der Waals surface area contributed by atoms with Crippen LogP contribution in [-0.2, 0) is 11.3 Å². The molecule has 0 saturated carbocycles. The van der Waals surface area contributed by atoms with Crippen LogP contribution in [-0.4, -0.2) is 5.97 Å². The Labute approximate surface area is 85.0 Å². The quantitative estimate of drug-likeness (QED) is 0.653. The third-order valence-corrected chi connectivity index (χ3v) is 3.60. The van der Waals surface area contributed by atoms with Gasteiger partial charge >= 0.3 is 5.97 Å². The predicted octanol–water partition coefficient (Wildman–Crippen LogP) is 2.74. The maximum atomic E-state index is 11.2. The first-order valence-corrected chi connectivity index (χ1v) is 4.86. The number of carbonyl (C=O) groups is 1. The summed E-state index contributed by atoms with van der Waals surface area (Å²) >= 11 is 3.49. The van der Waals surface area contributed by atoms with Crippen molar-refractivity contribution in [3.8, 4) is 0 Å². The van der Waals surface area contributed by atoms with Gasteiger partial charge < -0.3 is 4.74 Å². The van der Waals surface area contributed by atoms with Gasteiger partial charge in [0.15, 0.2) is 0 Å². The molecule has 1 aromatic carbocycles. The standard InChI is InChI=1S/C10H9BrO2/c1-5-3-7-8(4-13-10(7)12)6(2)9(5)11/h3H,4H2,1-2H3. The molecule has 1 heterocycles. The van der Waals surface area contributed by atoms with Crippen molar-refractivity contribution in [2.24, 2.45) is 0 Å². The number of fused-ring (bicyclic) bond motifs is 1. The second-order valence-electron chi connectivity index (χ2n) is 3.23. The summed E-state index contributed by atoms with van der Waals surface area (Å²) in [5, 5.41) is 0. The molecule has 0 N–H and O–H groups in total. The Morgan fingerprint density at radius 3 is 2.85 bits per heavy atom. The topological polar surface area (TPSA) is 26.3 Å². The molecule has 0 atom stereocenters. The molecule has 0 aromatic heterocycles. The van der Waals surface area contributed by atoms with Crippen LogP contribution in [0.3, 0.4) is 0 Å². The van der Waals surface area contributed by atoms with Crippen LogP contribution in [0.4, 0.5) is 0 Å². The summed E-state index contributed by atoms with van der Waals surface area (Å²) in [5.74, 6) is -0.200. The first-order chi connectivity index (χ1) is 6.11. The third-order valence-electron chi connectivity index (χ3n) is 2.38. The second kappa shape index (κ2) is 2.84. The molecule has 68 valence electrons. The van der Waals surface area contributed by atoms with E-state index in [-0.39, 0.29) is 5.97 Å². The van der Waals surface area contributed by atoms with E-state index in [4.69, 9.17) is 4.74 Å². The summed E-state index contributed by atoms with van der Waals surface area (Å²) in [6.07, 6.45) is 0. The monoisotopic (exact) mass is 240 g/mol. The highest BCUT2D eigenvalue weighted by molar-refractivity contribution is 9.10. The van der Waals surface area contributed by atoms with Crippen LogP contribution in [0.1, 0.15) is 27.0 Å². The molecule has 0 spiro atoms. The van der Waals surface area contributed by atoms with Crippen molar-refractivity contribution in [2.45, 2.75) is 20.5 Å². The molecule has 3 heteroatoms. The van der Waals surface area contributed by atoms with E-state index in [1.807, 2.05) is 19.9 Å². The van der Waals surface area contributed by atoms with Crippen LogP contribution in [0.15, 0.2) is 10.5 Å². The summed E-state index contributed by atoms with van der Waals surface area (Å²) in [6, 6.07) is 1.88. The van der Waals surface area contributed by atoms with Crippen molar-refractivity contribution in [1.29, 1.82) is 0 Å². The summed E-state index contributed by atoms with van der Waals surface area (Å²) in [6.45, 7) is 4.39. The number of carbonyl (C=O) groups excluding carboxylic acids is 1. The van der Waals surface area contributed by atoms with E-state index in [1.54, 1.807) is 0 Å². The first kappa shape index (κ1) is 8.75. The van der Waals surface area contributed by atoms with Crippen LogP contribution in [0, 0.1) is 13.8 Å². The zero-order valence-electron chi connectivity index (χ0n) is 7.48. The minimum absolute atomic E-state index is 0.200. The first-order valence-electron chi connectivity index (χ1n) is 4.07. The van der Waals surface area contributed by atoms with Crippen molar-refractivity contribution in [2.75, 3.05) is 0 Å². The van der Waals surface area contributed by atoms with Gasteiger partial charge in [-0.15, -0.1) is 0 Å². The van der Waals surface area contributed by atoms with Gasteiger partial charge in [-0.2, -0.15) is 0 Å². The van der Waals surface area contributed by atoms with Gasteiger partial charge in [0, 0.05) is 10.0 Å². The smallest absolute Gasteiger partial charge is 0.338 e. The SMILES string of the molecule is Cc1cc2c(c(C)c1Br)COC2=O. The molecule has 0 aliphatic carbocycles. The van der Waals surface area contributed by atoms with E-state index in [0.717, 1.165) is 26.7 Å². The fraction of sp³-hybridized carbons (Fsp3) is 0.300. The average molecular weight is 241 g/mol. The summed E-state index contributed by atoms with van der Waals surface area (Å²) in [4.78, 5) is 11.2. The van der Waals surface area contributed by atoms with E-state index >= 15 is 0 Å². The lowest BCUT2D eigenvalue weighted by atomic mass is 10.0. The number of rotatable bonds is 0. The lowest BCUT2D eigenvalue weighted by Gasteiger charge is -2.06. The molecule has 1 aromatic rings. The Hall–Kier alpha value is -0.830. The van der Waals surface area contributed by atoms with E-state index in [0.29, 0.717) is 6.61 Å². The number of hydrogen-bond donors (Lipinski definition) is 0. The van der Waals surface area contributed by atoms with E-state index in [1.165, 1.54) is 0 Å². The van der Waals surface area contributed by atoms with Crippen LogP contribution < -0.4 is 0 Å². The van der Waals surface area contributed by atoms with E-state index < -0.39 is 0 Å². The fourth-order valence-electron chi connectivity index (χ4n) is 1.58. The number of esters is 1. The fourth-order valence-corrected chi connectivity index (χ4v) is 1.93. The Kier molecular flexibility index (Phi) is 1.91. The Balaban J connectivity index is 2.74. The molecule has 0 unspecified atom stereocenters. The second-order valence-corrected chi connectivity index (χ2v) is 4.03. The largest absolute Gasteiger partial charge is 0.457 e. The summed E-state index contributed by atoms with van der Waals surface area (Å²) < 4.78 is 6.03. The number of cyclic esters (lactones) is 1. The Morgan fingerprint density at radius 1 is 1.46 bits per heavy atom. The molecule has 2 rings (SSSR count). The van der Waals surface area contributed by atoms with Gasteiger partial charge in [-0.3, -0.25) is 0 Å². The normalized spacial score (nSPS) is 14.2. The van der Waals surface area contributed by atoms with Gasteiger partial charge in [0.1, 0.15) is 6.61 Å². The molecular weight excluding hydrogens is 232 g/mol. The molecule has 1 aliphatic heterocycles. The third kappa shape index (κ3) is 1.18. The lowest BCUT2D eigenvalue weighted by molar-refractivity contribution is 0.0535. The van der Waals surface area contributed by atoms with Gasteiger partial charge in [0.25, 0.3) is 0 Å². The van der Waals surface area contributed by atoms with Crippen molar-refractivity contribution in [1.82, 2.24) is 0 Å². The predicted molar refractivity (Wildman–Crippen MR) is 52.7 cm³/mol. The molecule has 1 aliphatic rings. The Bertz CT molecular complexity index is 396. The van der Waals surface area contributed by atoms with Crippen molar-refractivity contribution in [3.63, 3.8) is 0 Å². The van der Waals surface area contributed by atoms with E-state index in [2.05, 4.69) is 15.9 Å². The minimum atomic E-state index is -0.200. The zero-order chi connectivity index (χ0) is 9.59. The van der Waals surface area contributed by atoms with Crippen LogP contribution >= 0.6 is 15.9 Å². The molecule has 0 radical (unpaired) electrons. The molecule has 0 saturated heterocycles. The van der Waals surface area contributed by atoms with Gasteiger partial charge in [-0.1, -0.05) is 15.9 Å². The van der Waals surface area contributed by atoms with E-state index in [9.17, 15) is 4.79 Å². The van der Waals surface area contributed by atoms with Gasteiger partial charge in [-0.25, -0.2) is 4.79 Å². The Morgan fingerprint density at radius 2 is 2.15 bits per heavy atom. The highest BCUT2D eigenvalue weighted by atomic mass is 79.9. The molecular formula is C10H9BrO2. The lowest BCUT2D eigenvalue weighted by Crippen LogP contribution is -1.96. The molecule has 0 bridgehead atoms. The highest BCUT2D eigenvalue weighted by Gasteiger charge is 2.24. The molecule has 13 heavy (non-hydrogen) atoms. The molecule has 2 nitrogen and oxygen atoms in total. The highest BCUT2D eigenvalue weighted by Crippen LogP contribution is 2.31. The summed E-state index contributed by atoms with van der Waals surface area (Å²) in [5.41, 5.74) is 3.93. The van der Waals surface area contributed by atoms with Crippen molar-refractivity contribution in [3.05, 3.63) is 32.8 Å². The average Bonchev–Trinajstić information content (AvgIpc) is 2.45. The maximum absolute atomic E-state index is 11.2. The number of benzene rings is 1. The molecule has 0 amide bonds. The van der Waals surface area contributed by atoms with Gasteiger partial charge in [0.2, 0.25) is 0 Å². The number of hydrogen-bond acceptors (Lipinski definition) is 2. The number of aryl methyl sites for hydroxylation is 1. The van der Waals surface area contributed by atoms with Crippen molar-refractivity contribution >= 4 is 21.9 Å². The zero-order valence-corrected chi connectivity index (χ0v) is 9.06. The number of halogens is 1. The van der Waals surface area contributed by atoms with Gasteiger partial charge in [0.05, 0.1) is 5.56 Å².